The van der Waals surface area contributed by atoms with E-state index in [1.165, 1.54) is 11.3 Å². The van der Waals surface area contributed by atoms with E-state index in [0.29, 0.717) is 5.52 Å². The molecule has 1 N–H and O–H groups in total. The summed E-state index contributed by atoms with van der Waals surface area (Å²) in [5, 5.41) is 6.20. The molecule has 0 unspecified atom stereocenters. The van der Waals surface area contributed by atoms with Crippen LogP contribution >= 0.6 is 0 Å². The maximum absolute atomic E-state index is 12.4. The van der Waals surface area contributed by atoms with Crippen molar-refractivity contribution in [3.63, 3.8) is 0 Å². The first kappa shape index (κ1) is 18.0. The molecular weight excluding hydrogens is 364 g/mol. The molecule has 2 aromatic heterocycles. The highest BCUT2D eigenvalue weighted by Crippen LogP contribution is 2.23. The molecule has 2 aliphatic heterocycles. The predicted molar refractivity (Wildman–Crippen MR) is 116 cm³/mol. The molecule has 0 atom stereocenters. The van der Waals surface area contributed by atoms with Gasteiger partial charge < -0.3 is 14.8 Å². The van der Waals surface area contributed by atoms with Crippen molar-refractivity contribution in [2.45, 2.75) is 6.54 Å². The van der Waals surface area contributed by atoms with Gasteiger partial charge in [-0.1, -0.05) is 18.2 Å². The highest BCUT2D eigenvalue weighted by Gasteiger charge is 2.19. The second-order valence-electron chi connectivity index (χ2n) is 8.02. The molecule has 0 aliphatic carbocycles. The van der Waals surface area contributed by atoms with Crippen molar-refractivity contribution < 1.29 is 0 Å². The Morgan fingerprint density at radius 3 is 2.72 bits per heavy atom. The lowest BCUT2D eigenvalue weighted by Gasteiger charge is -2.37. The summed E-state index contributed by atoms with van der Waals surface area (Å²) in [6, 6.07) is 6.38. The smallest absolute Gasteiger partial charge is 0.274 e. The minimum atomic E-state index is -0.0861. The molecule has 1 fully saturated rings. The highest BCUT2D eigenvalue weighted by molar-refractivity contribution is 6.03. The molecule has 0 bridgehead atoms. The van der Waals surface area contributed by atoms with Crippen LogP contribution in [0.3, 0.4) is 0 Å². The van der Waals surface area contributed by atoms with Gasteiger partial charge in [0.25, 0.3) is 5.56 Å². The molecule has 2 aliphatic rings. The molecule has 4 heterocycles. The quantitative estimate of drug-likeness (QED) is 0.740. The molecular formula is C22H26N6O. The number of nitrogens with one attached hydrogen (secondary N) is 1. The number of likely N-dealkylation sites (N-methyl/N-ethyl adjacent to an activating group) is 1. The summed E-state index contributed by atoms with van der Waals surface area (Å²) in [6.45, 7) is 6.01. The maximum Gasteiger partial charge on any atom is 0.274 e. The SMILES string of the molecule is CN1C=C(N2CCN(Cc3ccc4c(c3)[nH]c(=O)c3c4cnn3C)CC2)C=CC1. The van der Waals surface area contributed by atoms with E-state index in [1.807, 2.05) is 0 Å². The van der Waals surface area contributed by atoms with E-state index in [0.717, 1.165) is 55.6 Å². The van der Waals surface area contributed by atoms with Crippen molar-refractivity contribution in [2.75, 3.05) is 39.8 Å². The molecule has 1 aromatic carbocycles. The van der Waals surface area contributed by atoms with Crippen LogP contribution in [0.2, 0.25) is 0 Å². The van der Waals surface area contributed by atoms with E-state index >= 15 is 0 Å². The lowest BCUT2D eigenvalue weighted by atomic mass is 10.1. The van der Waals surface area contributed by atoms with Gasteiger partial charge in [-0.2, -0.15) is 5.10 Å². The average molecular weight is 390 g/mol. The third-order valence-electron chi connectivity index (χ3n) is 5.95. The number of pyridine rings is 1. The van der Waals surface area contributed by atoms with E-state index in [9.17, 15) is 4.79 Å². The number of piperazine rings is 1. The van der Waals surface area contributed by atoms with E-state index in [2.05, 4.69) is 68.4 Å². The Kier molecular flexibility index (Phi) is 4.39. The second kappa shape index (κ2) is 7.08. The van der Waals surface area contributed by atoms with Crippen molar-refractivity contribution in [1.82, 2.24) is 29.5 Å². The number of hydrogen-bond acceptors (Lipinski definition) is 5. The Labute approximate surface area is 169 Å². The third-order valence-corrected chi connectivity index (χ3v) is 5.95. The molecule has 29 heavy (non-hydrogen) atoms. The number of aromatic amines is 1. The van der Waals surface area contributed by atoms with Gasteiger partial charge in [0.15, 0.2) is 0 Å². The summed E-state index contributed by atoms with van der Waals surface area (Å²) in [6.07, 6.45) is 8.46. The van der Waals surface area contributed by atoms with E-state index in [4.69, 9.17) is 0 Å². The largest absolute Gasteiger partial charge is 0.375 e. The first-order valence-electron chi connectivity index (χ1n) is 10.1. The number of allylic oxidation sites excluding steroid dienone is 1. The van der Waals surface area contributed by atoms with Crippen molar-refractivity contribution in [1.29, 1.82) is 0 Å². The standard InChI is InChI=1S/C22H26N6O/c1-25-7-3-4-17(15-25)28-10-8-27(9-11-28)14-16-5-6-18-19-13-23-26(2)21(19)22(29)24-20(18)12-16/h3-6,12-13,15H,7-11,14H2,1-2H3,(H,24,29). The molecule has 7 nitrogen and oxygen atoms in total. The monoisotopic (exact) mass is 390 g/mol. The lowest BCUT2D eigenvalue weighted by molar-refractivity contribution is 0.154. The van der Waals surface area contributed by atoms with Crippen molar-refractivity contribution >= 4 is 21.8 Å². The lowest BCUT2D eigenvalue weighted by Crippen LogP contribution is -2.45. The van der Waals surface area contributed by atoms with Gasteiger partial charge in [-0.15, -0.1) is 0 Å². The van der Waals surface area contributed by atoms with Crippen LogP contribution in [0.15, 0.2) is 53.2 Å². The van der Waals surface area contributed by atoms with Crippen molar-refractivity contribution in [2.24, 2.45) is 7.05 Å². The Bertz CT molecular complexity index is 1180. The minimum Gasteiger partial charge on any atom is -0.375 e. The zero-order chi connectivity index (χ0) is 20.0. The van der Waals surface area contributed by atoms with Crippen LogP contribution in [-0.4, -0.2) is 69.2 Å². The Hall–Kier alpha value is -3.06. The molecule has 0 radical (unpaired) electrons. The number of nitrogens with zero attached hydrogens (tertiary/aromatic N) is 5. The van der Waals surface area contributed by atoms with E-state index in [1.54, 1.807) is 17.9 Å². The van der Waals surface area contributed by atoms with Gasteiger partial charge in [0.2, 0.25) is 0 Å². The summed E-state index contributed by atoms with van der Waals surface area (Å²) in [5.41, 5.74) is 3.95. The summed E-state index contributed by atoms with van der Waals surface area (Å²) >= 11 is 0. The topological polar surface area (TPSA) is 60.4 Å². The summed E-state index contributed by atoms with van der Waals surface area (Å²) < 4.78 is 1.63. The van der Waals surface area contributed by atoms with Crippen LogP contribution in [0.5, 0.6) is 0 Å². The number of fused-ring (bicyclic) bond motifs is 3. The zero-order valence-electron chi connectivity index (χ0n) is 16.9. The van der Waals surface area contributed by atoms with Gasteiger partial charge in [0.05, 0.1) is 11.9 Å². The van der Waals surface area contributed by atoms with Crippen LogP contribution in [-0.2, 0) is 13.6 Å². The number of aromatic nitrogens is 3. The molecule has 0 saturated carbocycles. The summed E-state index contributed by atoms with van der Waals surface area (Å²) in [5.74, 6) is 0. The fourth-order valence-corrected chi connectivity index (χ4v) is 4.38. The van der Waals surface area contributed by atoms with Gasteiger partial charge in [0, 0.05) is 75.9 Å². The second-order valence-corrected chi connectivity index (χ2v) is 8.02. The van der Waals surface area contributed by atoms with Crippen molar-refractivity contribution in [3.05, 3.63) is 64.4 Å². The fraction of sp³-hybridized carbons (Fsp3) is 0.364. The molecule has 1 saturated heterocycles. The molecule has 150 valence electrons. The third kappa shape index (κ3) is 3.31. The Balaban J connectivity index is 1.32. The Morgan fingerprint density at radius 2 is 1.93 bits per heavy atom. The van der Waals surface area contributed by atoms with Gasteiger partial charge in [-0.25, -0.2) is 0 Å². The molecule has 5 rings (SSSR count). The minimum absolute atomic E-state index is 0.0861. The van der Waals surface area contributed by atoms with Crippen LogP contribution < -0.4 is 5.56 Å². The van der Waals surface area contributed by atoms with Crippen LogP contribution in [0.1, 0.15) is 5.56 Å². The fourth-order valence-electron chi connectivity index (χ4n) is 4.38. The van der Waals surface area contributed by atoms with Crippen LogP contribution in [0.25, 0.3) is 21.8 Å². The van der Waals surface area contributed by atoms with E-state index < -0.39 is 0 Å². The zero-order valence-corrected chi connectivity index (χ0v) is 16.9. The highest BCUT2D eigenvalue weighted by atomic mass is 16.1. The van der Waals surface area contributed by atoms with E-state index in [-0.39, 0.29) is 5.56 Å². The van der Waals surface area contributed by atoms with Crippen molar-refractivity contribution in [3.8, 4) is 0 Å². The maximum atomic E-state index is 12.4. The number of H-pyrrole nitrogens is 1. The molecule has 0 amide bonds. The van der Waals surface area contributed by atoms with Crippen LogP contribution in [0.4, 0.5) is 0 Å². The first-order valence-corrected chi connectivity index (χ1v) is 10.1. The molecule has 0 spiro atoms. The molecule has 3 aromatic rings. The number of benzene rings is 1. The normalized spacial score (nSPS) is 18.1. The number of aryl methyl sites for hydroxylation is 1. The average Bonchev–Trinajstić information content (AvgIpc) is 3.11. The number of rotatable bonds is 3. The predicted octanol–water partition coefficient (Wildman–Crippen LogP) is 1.88. The Morgan fingerprint density at radius 1 is 1.10 bits per heavy atom. The first-order chi connectivity index (χ1) is 14.1. The summed E-state index contributed by atoms with van der Waals surface area (Å²) in [7, 11) is 3.91. The van der Waals surface area contributed by atoms with Gasteiger partial charge >= 0.3 is 0 Å². The van der Waals surface area contributed by atoms with Crippen LogP contribution in [0, 0.1) is 0 Å². The number of hydrogen-bond donors (Lipinski definition) is 1. The molecule has 7 heteroatoms. The summed E-state index contributed by atoms with van der Waals surface area (Å²) in [4.78, 5) is 22.6. The van der Waals surface area contributed by atoms with Gasteiger partial charge in [-0.3, -0.25) is 14.4 Å². The van der Waals surface area contributed by atoms with Gasteiger partial charge in [0.1, 0.15) is 5.52 Å². The van der Waals surface area contributed by atoms with Gasteiger partial charge in [-0.05, 0) is 17.7 Å².